The topological polar surface area (TPSA) is 32.5 Å². The van der Waals surface area contributed by atoms with Gasteiger partial charge in [0.25, 0.3) is 0 Å². The molecule has 3 atom stereocenters. The van der Waals surface area contributed by atoms with Crippen molar-refractivity contribution in [2.24, 2.45) is 0 Å². The number of para-hydroxylation sites is 1. The largest absolute Gasteiger partial charge is 0.438 e. The molecule has 1 fully saturated rings. The van der Waals surface area contributed by atoms with Gasteiger partial charge >= 0.3 is 0 Å². The van der Waals surface area contributed by atoms with Crippen molar-refractivity contribution in [1.29, 1.82) is 0 Å². The Hall–Kier alpha value is -4.57. The van der Waals surface area contributed by atoms with Crippen LogP contribution in [0.3, 0.4) is 0 Å². The zero-order valence-corrected chi connectivity index (χ0v) is 23.4. The number of pyridine rings is 1. The van der Waals surface area contributed by atoms with Gasteiger partial charge < -0.3 is 14.2 Å². The predicted octanol–water partition coefficient (Wildman–Crippen LogP) is 9.06. The number of fused-ring (bicyclic) bond motifs is 3. The first kappa shape index (κ1) is 24.5. The van der Waals surface area contributed by atoms with Gasteiger partial charge in [-0.1, -0.05) is 66.7 Å². The molecule has 2 aromatic heterocycles. The SMILES string of the molecule is Cc1cc2oc3ncccc3c2cc1N1C(c2c(C)cccc2C)N(c2ccccc2)C(c2ccccc2)[C@@H]1C. The van der Waals surface area contributed by atoms with Gasteiger partial charge in [0.2, 0.25) is 5.71 Å². The molecule has 7 rings (SSSR count). The van der Waals surface area contributed by atoms with E-state index in [-0.39, 0.29) is 18.2 Å². The van der Waals surface area contributed by atoms with Crippen molar-refractivity contribution in [3.05, 3.63) is 137 Å². The molecule has 0 spiro atoms. The van der Waals surface area contributed by atoms with E-state index in [1.54, 1.807) is 6.20 Å². The second-order valence-electron chi connectivity index (χ2n) is 11.0. The third-order valence-corrected chi connectivity index (χ3v) is 8.56. The Balaban J connectivity index is 1.53. The lowest BCUT2D eigenvalue weighted by Crippen LogP contribution is -2.34. The van der Waals surface area contributed by atoms with E-state index in [1.165, 1.54) is 39.2 Å². The summed E-state index contributed by atoms with van der Waals surface area (Å²) in [5.74, 6) is 0. The molecule has 2 unspecified atom stereocenters. The van der Waals surface area contributed by atoms with Crippen molar-refractivity contribution in [1.82, 2.24) is 4.98 Å². The van der Waals surface area contributed by atoms with E-state index in [1.807, 2.05) is 6.07 Å². The lowest BCUT2D eigenvalue weighted by atomic mass is 9.97. The van der Waals surface area contributed by atoms with Gasteiger partial charge in [0.15, 0.2) is 0 Å². The van der Waals surface area contributed by atoms with Crippen molar-refractivity contribution in [3.8, 4) is 0 Å². The van der Waals surface area contributed by atoms with Crippen molar-refractivity contribution in [2.45, 2.75) is 45.9 Å². The van der Waals surface area contributed by atoms with E-state index < -0.39 is 0 Å². The van der Waals surface area contributed by atoms with E-state index in [0.29, 0.717) is 5.71 Å². The summed E-state index contributed by atoms with van der Waals surface area (Å²) in [6.45, 7) is 9.07. The first-order valence-corrected chi connectivity index (χ1v) is 14.0. The number of aromatic nitrogens is 1. The fourth-order valence-electron chi connectivity index (χ4n) is 6.77. The Morgan fingerprint density at radius 3 is 2.10 bits per heavy atom. The van der Waals surface area contributed by atoms with Gasteiger partial charge in [-0.2, -0.15) is 0 Å². The molecule has 0 amide bonds. The fourth-order valence-corrected chi connectivity index (χ4v) is 6.77. The highest BCUT2D eigenvalue weighted by Gasteiger charge is 2.47. The fraction of sp³-hybridized carbons (Fsp3) is 0.194. The standard InChI is InChI=1S/C36H33N3O/c1-23-13-11-14-24(2)33(23)36-38(31-22-30-29-19-12-20-37-35(29)40-32(30)21-25(31)3)26(4)34(27-15-7-5-8-16-27)39(36)28-17-9-6-10-18-28/h5-22,26,34,36H,1-4H3/t26-,34?,36?/m0/s1. The van der Waals surface area contributed by atoms with E-state index in [9.17, 15) is 0 Å². The second kappa shape index (κ2) is 9.56. The van der Waals surface area contributed by atoms with Crippen molar-refractivity contribution in [3.63, 3.8) is 0 Å². The second-order valence-corrected chi connectivity index (χ2v) is 11.0. The van der Waals surface area contributed by atoms with E-state index in [0.717, 1.165) is 16.4 Å². The van der Waals surface area contributed by atoms with Gasteiger partial charge in [0.1, 0.15) is 11.7 Å². The van der Waals surface area contributed by atoms with Crippen LogP contribution in [-0.4, -0.2) is 11.0 Å². The molecule has 4 heteroatoms. The van der Waals surface area contributed by atoms with Crippen LogP contribution in [0.4, 0.5) is 11.4 Å². The van der Waals surface area contributed by atoms with Crippen LogP contribution in [0.1, 0.15) is 46.9 Å². The monoisotopic (exact) mass is 523 g/mol. The Morgan fingerprint density at radius 1 is 0.675 bits per heavy atom. The molecule has 198 valence electrons. The van der Waals surface area contributed by atoms with Crippen LogP contribution in [0.5, 0.6) is 0 Å². The van der Waals surface area contributed by atoms with Crippen LogP contribution >= 0.6 is 0 Å². The molecule has 3 heterocycles. The summed E-state index contributed by atoms with van der Waals surface area (Å²) in [6, 6.07) is 37.4. The summed E-state index contributed by atoms with van der Waals surface area (Å²) in [4.78, 5) is 9.77. The lowest BCUT2D eigenvalue weighted by Gasteiger charge is -2.37. The first-order valence-electron chi connectivity index (χ1n) is 14.0. The molecule has 1 aliphatic heterocycles. The summed E-state index contributed by atoms with van der Waals surface area (Å²) >= 11 is 0. The number of nitrogens with zero attached hydrogens (tertiary/aromatic N) is 3. The lowest BCUT2D eigenvalue weighted by molar-refractivity contribution is 0.631. The maximum absolute atomic E-state index is 6.17. The number of anilines is 2. The molecule has 0 aliphatic carbocycles. The third kappa shape index (κ3) is 3.78. The average molecular weight is 524 g/mol. The zero-order valence-electron chi connectivity index (χ0n) is 23.4. The van der Waals surface area contributed by atoms with Crippen molar-refractivity contribution >= 4 is 33.4 Å². The summed E-state index contributed by atoms with van der Waals surface area (Å²) in [5.41, 5.74) is 10.5. The molecule has 0 bridgehead atoms. The van der Waals surface area contributed by atoms with Gasteiger partial charge in [-0.15, -0.1) is 0 Å². The number of furan rings is 1. The van der Waals surface area contributed by atoms with Crippen LogP contribution in [0.25, 0.3) is 22.1 Å². The maximum Gasteiger partial charge on any atom is 0.227 e. The number of rotatable bonds is 4. The first-order chi connectivity index (χ1) is 19.5. The van der Waals surface area contributed by atoms with E-state index in [2.05, 4.69) is 140 Å². The molecule has 0 radical (unpaired) electrons. The molecule has 1 saturated heterocycles. The Kier molecular flexibility index (Phi) is 5.85. The van der Waals surface area contributed by atoms with E-state index in [4.69, 9.17) is 4.42 Å². The highest BCUT2D eigenvalue weighted by Crippen LogP contribution is 2.52. The molecular weight excluding hydrogens is 490 g/mol. The Labute approximate surface area is 235 Å². The average Bonchev–Trinajstić information content (AvgIpc) is 3.47. The molecule has 4 nitrogen and oxygen atoms in total. The number of aryl methyl sites for hydroxylation is 3. The van der Waals surface area contributed by atoms with Crippen LogP contribution in [-0.2, 0) is 0 Å². The van der Waals surface area contributed by atoms with Crippen LogP contribution in [0.2, 0.25) is 0 Å². The van der Waals surface area contributed by atoms with E-state index >= 15 is 0 Å². The zero-order chi connectivity index (χ0) is 27.4. The highest BCUT2D eigenvalue weighted by molar-refractivity contribution is 6.05. The number of hydrogen-bond acceptors (Lipinski definition) is 4. The molecule has 4 aromatic carbocycles. The minimum atomic E-state index is -0.00348. The quantitative estimate of drug-likeness (QED) is 0.231. The minimum absolute atomic E-state index is 0.00348. The Bertz CT molecular complexity index is 1810. The number of benzene rings is 4. The van der Waals surface area contributed by atoms with Gasteiger partial charge in [0, 0.05) is 33.9 Å². The summed E-state index contributed by atoms with van der Waals surface area (Å²) in [7, 11) is 0. The molecule has 1 aliphatic rings. The maximum atomic E-state index is 6.17. The van der Waals surface area contributed by atoms with Crippen LogP contribution in [0, 0.1) is 20.8 Å². The summed E-state index contributed by atoms with van der Waals surface area (Å²) < 4.78 is 6.17. The van der Waals surface area contributed by atoms with Gasteiger partial charge in [-0.3, -0.25) is 0 Å². The van der Waals surface area contributed by atoms with Gasteiger partial charge in [-0.25, -0.2) is 4.98 Å². The van der Waals surface area contributed by atoms with Crippen LogP contribution in [0.15, 0.2) is 114 Å². The number of hydrogen-bond donors (Lipinski definition) is 0. The third-order valence-electron chi connectivity index (χ3n) is 8.56. The van der Waals surface area contributed by atoms with Crippen molar-refractivity contribution in [2.75, 3.05) is 9.80 Å². The molecular formula is C36H33N3O. The smallest absolute Gasteiger partial charge is 0.227 e. The van der Waals surface area contributed by atoms with Gasteiger partial charge in [-0.05, 0) is 86.3 Å². The normalized spacial score (nSPS) is 19.1. The van der Waals surface area contributed by atoms with Crippen LogP contribution < -0.4 is 9.80 Å². The van der Waals surface area contributed by atoms with Gasteiger partial charge in [0.05, 0.1) is 12.1 Å². The summed E-state index contributed by atoms with van der Waals surface area (Å²) in [5, 5.41) is 2.15. The summed E-state index contributed by atoms with van der Waals surface area (Å²) in [6.07, 6.45) is 1.79. The molecule has 0 N–H and O–H groups in total. The molecule has 6 aromatic rings. The Morgan fingerprint density at radius 2 is 1.38 bits per heavy atom. The molecule has 0 saturated carbocycles. The minimum Gasteiger partial charge on any atom is -0.438 e. The predicted molar refractivity (Wildman–Crippen MR) is 165 cm³/mol. The van der Waals surface area contributed by atoms with Crippen molar-refractivity contribution < 1.29 is 4.42 Å². The molecule has 40 heavy (non-hydrogen) atoms. The highest BCUT2D eigenvalue weighted by atomic mass is 16.3.